The number of urea groups is 1. The number of hydrogen-bond donors (Lipinski definition) is 4. The summed E-state index contributed by atoms with van der Waals surface area (Å²) in [6.45, 7) is -0.289. The van der Waals surface area contributed by atoms with Gasteiger partial charge in [-0.15, -0.1) is 0 Å². The Hall–Kier alpha value is -2.61. The van der Waals surface area contributed by atoms with E-state index in [1.165, 1.54) is 0 Å². The van der Waals surface area contributed by atoms with Crippen molar-refractivity contribution < 1.29 is 24.7 Å². The van der Waals surface area contributed by atoms with Crippen LogP contribution in [0.4, 0.5) is 10.5 Å². The molecule has 0 radical (unpaired) electrons. The van der Waals surface area contributed by atoms with Crippen LogP contribution in [0.25, 0.3) is 0 Å². The molecule has 1 saturated heterocycles. The highest BCUT2D eigenvalue weighted by Crippen LogP contribution is 2.09. The fraction of sp³-hybridized carbons (Fsp3) is 0.182. The zero-order valence-corrected chi connectivity index (χ0v) is 9.87. The predicted octanol–water partition coefficient (Wildman–Crippen LogP) is -0.207. The molecule has 4 N–H and O–H groups in total. The van der Waals surface area contributed by atoms with Gasteiger partial charge in [-0.1, -0.05) is 18.2 Å². The van der Waals surface area contributed by atoms with Gasteiger partial charge in [-0.25, -0.2) is 9.86 Å². The second-order valence-corrected chi connectivity index (χ2v) is 3.52. The minimum Gasteiger partial charge on any atom is -0.480 e. The maximum Gasteiger partial charge on any atom is 0.325 e. The lowest BCUT2D eigenvalue weighted by Gasteiger charge is -2.13. The maximum absolute atomic E-state index is 10.2. The normalized spacial score (nSPS) is 12.9. The molecule has 2 rings (SSSR count). The Balaban J connectivity index is 0.000000218. The van der Waals surface area contributed by atoms with Crippen LogP contribution < -0.4 is 15.7 Å². The van der Waals surface area contributed by atoms with E-state index in [2.05, 4.69) is 5.32 Å². The van der Waals surface area contributed by atoms with Crippen molar-refractivity contribution in [2.24, 2.45) is 0 Å². The number of carboxylic acids is 1. The molecule has 0 atom stereocenters. The first-order valence-electron chi connectivity index (χ1n) is 5.30. The minimum atomic E-state index is -1.07. The number of carbonyl (C=O) groups is 3. The molecule has 3 amide bonds. The highest BCUT2D eigenvalue weighted by atomic mass is 16.5. The van der Waals surface area contributed by atoms with E-state index in [0.29, 0.717) is 10.8 Å². The van der Waals surface area contributed by atoms with Crippen molar-refractivity contribution in [1.29, 1.82) is 0 Å². The average molecular weight is 267 g/mol. The first kappa shape index (κ1) is 14.5. The molecule has 1 aromatic carbocycles. The Morgan fingerprint density at radius 1 is 1.26 bits per heavy atom. The van der Waals surface area contributed by atoms with Crippen LogP contribution in [0.3, 0.4) is 0 Å². The van der Waals surface area contributed by atoms with Crippen molar-refractivity contribution in [3.63, 3.8) is 0 Å². The van der Waals surface area contributed by atoms with E-state index in [1.54, 1.807) is 30.3 Å². The number of hydrogen-bond acceptors (Lipinski definition) is 5. The zero-order valence-electron chi connectivity index (χ0n) is 9.87. The van der Waals surface area contributed by atoms with Crippen molar-refractivity contribution in [3.8, 4) is 0 Å². The lowest BCUT2D eigenvalue weighted by molar-refractivity contribution is -0.136. The van der Waals surface area contributed by atoms with Gasteiger partial charge in [-0.2, -0.15) is 0 Å². The van der Waals surface area contributed by atoms with Crippen LogP contribution in [0.15, 0.2) is 30.3 Å². The summed E-state index contributed by atoms with van der Waals surface area (Å²) in [5.74, 6) is -1.33. The lowest BCUT2D eigenvalue weighted by atomic mass is 10.3. The van der Waals surface area contributed by atoms with Crippen LogP contribution in [0, 0.1) is 0 Å². The van der Waals surface area contributed by atoms with Crippen LogP contribution in [0.2, 0.25) is 0 Å². The Morgan fingerprint density at radius 3 is 2.26 bits per heavy atom. The van der Waals surface area contributed by atoms with Gasteiger partial charge in [0.25, 0.3) is 0 Å². The van der Waals surface area contributed by atoms with Gasteiger partial charge in [-0.3, -0.25) is 20.1 Å². The molecule has 0 aliphatic carbocycles. The zero-order chi connectivity index (χ0) is 14.3. The van der Waals surface area contributed by atoms with Crippen LogP contribution in [0.1, 0.15) is 0 Å². The maximum atomic E-state index is 10.2. The number of amides is 3. The third kappa shape index (κ3) is 5.50. The van der Waals surface area contributed by atoms with E-state index in [-0.39, 0.29) is 12.5 Å². The molecule has 1 aromatic rings. The first-order valence-corrected chi connectivity index (χ1v) is 5.30. The molecule has 1 aliphatic rings. The Bertz CT molecular complexity index is 449. The second-order valence-electron chi connectivity index (χ2n) is 3.52. The number of carbonyl (C=O) groups excluding carboxylic acids is 2. The standard InChI is InChI=1S/C8H9NO3.C3H4N2O2/c10-8(11)6-9(12)7-4-2-1-3-5-7;6-2-1-4-3(7)5-2/h1-5,12H,6H2,(H,10,11);1H2,(H2,4,5,6,7). The van der Waals surface area contributed by atoms with Gasteiger partial charge < -0.3 is 10.4 Å². The summed E-state index contributed by atoms with van der Waals surface area (Å²) in [6.07, 6.45) is 0. The highest BCUT2D eigenvalue weighted by Gasteiger charge is 2.14. The Labute approximate surface area is 108 Å². The highest BCUT2D eigenvalue weighted by molar-refractivity contribution is 6.01. The van der Waals surface area contributed by atoms with E-state index >= 15 is 0 Å². The smallest absolute Gasteiger partial charge is 0.325 e. The number of hydroxylamine groups is 1. The average Bonchev–Trinajstić information content (AvgIpc) is 2.74. The molecule has 0 spiro atoms. The van der Waals surface area contributed by atoms with Gasteiger partial charge in [0.15, 0.2) is 0 Å². The number of rotatable bonds is 3. The van der Waals surface area contributed by atoms with Crippen LogP contribution in [-0.2, 0) is 9.59 Å². The monoisotopic (exact) mass is 267 g/mol. The third-order valence-electron chi connectivity index (χ3n) is 2.00. The number of anilines is 1. The molecule has 0 saturated carbocycles. The molecule has 19 heavy (non-hydrogen) atoms. The fourth-order valence-corrected chi connectivity index (χ4v) is 1.20. The summed E-state index contributed by atoms with van der Waals surface area (Å²) in [6, 6.07) is 8.09. The number of benzene rings is 1. The summed E-state index contributed by atoms with van der Waals surface area (Å²) in [5.41, 5.74) is 0.472. The number of aliphatic carboxylic acids is 1. The summed E-state index contributed by atoms with van der Waals surface area (Å²) in [5, 5.41) is 22.5. The summed E-state index contributed by atoms with van der Waals surface area (Å²) in [4.78, 5) is 30.3. The summed E-state index contributed by atoms with van der Waals surface area (Å²) < 4.78 is 0. The van der Waals surface area contributed by atoms with Gasteiger partial charge in [0.2, 0.25) is 5.91 Å². The van der Waals surface area contributed by atoms with Gasteiger partial charge in [0.05, 0.1) is 12.2 Å². The van der Waals surface area contributed by atoms with Crippen molar-refractivity contribution in [2.45, 2.75) is 0 Å². The minimum absolute atomic E-state index is 0.124. The van der Waals surface area contributed by atoms with E-state index in [0.717, 1.165) is 0 Å². The van der Waals surface area contributed by atoms with E-state index in [4.69, 9.17) is 10.3 Å². The fourth-order valence-electron chi connectivity index (χ4n) is 1.20. The molecule has 0 unspecified atom stereocenters. The first-order chi connectivity index (χ1) is 8.99. The number of imide groups is 1. The van der Waals surface area contributed by atoms with Crippen molar-refractivity contribution in [2.75, 3.05) is 18.2 Å². The molecule has 8 heteroatoms. The molecule has 1 heterocycles. The molecule has 1 aliphatic heterocycles. The Kier molecular flexibility index (Phi) is 5.30. The molecule has 8 nitrogen and oxygen atoms in total. The van der Waals surface area contributed by atoms with Gasteiger partial charge in [0.1, 0.15) is 6.54 Å². The number of nitrogens with one attached hydrogen (secondary N) is 2. The van der Waals surface area contributed by atoms with Gasteiger partial charge in [0, 0.05) is 0 Å². The largest absolute Gasteiger partial charge is 0.480 e. The molecule has 102 valence electrons. The SMILES string of the molecule is O=C(O)CN(O)c1ccccc1.O=C1CNC(=O)N1. The van der Waals surface area contributed by atoms with Crippen molar-refractivity contribution >= 4 is 23.6 Å². The van der Waals surface area contributed by atoms with E-state index in [9.17, 15) is 14.4 Å². The van der Waals surface area contributed by atoms with Crippen molar-refractivity contribution in [3.05, 3.63) is 30.3 Å². The van der Waals surface area contributed by atoms with Crippen LogP contribution in [-0.4, -0.2) is 41.3 Å². The summed E-state index contributed by atoms with van der Waals surface area (Å²) >= 11 is 0. The molecular formula is C11H13N3O5. The van der Waals surface area contributed by atoms with Crippen molar-refractivity contribution in [1.82, 2.24) is 10.6 Å². The third-order valence-corrected chi connectivity index (χ3v) is 2.00. The van der Waals surface area contributed by atoms with Gasteiger partial charge in [-0.05, 0) is 12.1 Å². The summed E-state index contributed by atoms with van der Waals surface area (Å²) in [7, 11) is 0. The molecule has 0 aromatic heterocycles. The molecular weight excluding hydrogens is 254 g/mol. The molecule has 1 fully saturated rings. The lowest BCUT2D eigenvalue weighted by Crippen LogP contribution is -2.25. The number of carboxylic acid groups (broad SMARTS) is 1. The topological polar surface area (TPSA) is 119 Å². The van der Waals surface area contributed by atoms with Gasteiger partial charge >= 0.3 is 12.0 Å². The van der Waals surface area contributed by atoms with Crippen LogP contribution in [0.5, 0.6) is 0 Å². The molecule has 0 bridgehead atoms. The Morgan fingerprint density at radius 2 is 1.89 bits per heavy atom. The van der Waals surface area contributed by atoms with Crippen LogP contribution >= 0.6 is 0 Å². The number of para-hydroxylation sites is 1. The predicted molar refractivity (Wildman–Crippen MR) is 64.8 cm³/mol. The second kappa shape index (κ2) is 6.97. The quantitative estimate of drug-likeness (QED) is 0.444. The number of nitrogens with zero attached hydrogens (tertiary/aromatic N) is 1. The van der Waals surface area contributed by atoms with E-state index < -0.39 is 18.5 Å². The van der Waals surface area contributed by atoms with E-state index in [1.807, 2.05) is 5.32 Å².